The SMILES string of the molecule is CCCCc1nc2cc(/C=C/C(=O)OC)ccc2n1C1CCCNC1. The van der Waals surface area contributed by atoms with Gasteiger partial charge in [-0.15, -0.1) is 0 Å². The molecule has 5 nitrogen and oxygen atoms in total. The van der Waals surface area contributed by atoms with Crippen LogP contribution in [0.2, 0.25) is 0 Å². The zero-order chi connectivity index (χ0) is 17.6. The number of nitrogens with zero attached hydrogens (tertiary/aromatic N) is 2. The van der Waals surface area contributed by atoms with Gasteiger partial charge in [-0.1, -0.05) is 19.4 Å². The maximum atomic E-state index is 11.3. The summed E-state index contributed by atoms with van der Waals surface area (Å²) in [6, 6.07) is 6.70. The number of unbranched alkanes of at least 4 members (excludes halogenated alkanes) is 1. The molecule has 0 aliphatic carbocycles. The van der Waals surface area contributed by atoms with Crippen LogP contribution in [-0.2, 0) is 16.0 Å². The van der Waals surface area contributed by atoms with Gasteiger partial charge in [0, 0.05) is 25.1 Å². The Hall–Kier alpha value is -2.14. The van der Waals surface area contributed by atoms with E-state index < -0.39 is 0 Å². The van der Waals surface area contributed by atoms with Gasteiger partial charge in [-0.2, -0.15) is 0 Å². The van der Waals surface area contributed by atoms with Crippen LogP contribution in [0.4, 0.5) is 0 Å². The van der Waals surface area contributed by atoms with E-state index in [4.69, 9.17) is 4.98 Å². The number of imidazole rings is 1. The molecule has 1 aromatic carbocycles. The van der Waals surface area contributed by atoms with Crippen molar-refractivity contribution in [2.24, 2.45) is 0 Å². The minimum Gasteiger partial charge on any atom is -0.466 e. The summed E-state index contributed by atoms with van der Waals surface area (Å²) < 4.78 is 7.09. The third-order valence-corrected chi connectivity index (χ3v) is 4.79. The van der Waals surface area contributed by atoms with E-state index in [9.17, 15) is 4.79 Å². The molecule has 1 N–H and O–H groups in total. The number of fused-ring (bicyclic) bond motifs is 1. The van der Waals surface area contributed by atoms with Gasteiger partial charge in [0.05, 0.1) is 18.1 Å². The van der Waals surface area contributed by atoms with Gasteiger partial charge in [-0.25, -0.2) is 9.78 Å². The molecule has 0 radical (unpaired) electrons. The molecule has 0 spiro atoms. The smallest absolute Gasteiger partial charge is 0.330 e. The highest BCUT2D eigenvalue weighted by Crippen LogP contribution is 2.27. The molecule has 2 heterocycles. The number of hydrogen-bond donors (Lipinski definition) is 1. The third-order valence-electron chi connectivity index (χ3n) is 4.79. The highest BCUT2D eigenvalue weighted by molar-refractivity contribution is 5.88. The lowest BCUT2D eigenvalue weighted by molar-refractivity contribution is -0.134. The summed E-state index contributed by atoms with van der Waals surface area (Å²) in [6.45, 7) is 4.33. The molecule has 1 aliphatic heterocycles. The van der Waals surface area contributed by atoms with Crippen LogP contribution in [0.25, 0.3) is 17.1 Å². The van der Waals surface area contributed by atoms with Crippen molar-refractivity contribution in [2.75, 3.05) is 20.2 Å². The molecule has 1 fully saturated rings. The summed E-state index contributed by atoms with van der Waals surface area (Å²) in [5.41, 5.74) is 3.16. The van der Waals surface area contributed by atoms with E-state index >= 15 is 0 Å². The predicted octanol–water partition coefficient (Wildman–Crippen LogP) is 3.49. The van der Waals surface area contributed by atoms with Crippen molar-refractivity contribution in [1.29, 1.82) is 0 Å². The second-order valence-corrected chi connectivity index (χ2v) is 6.61. The first-order valence-corrected chi connectivity index (χ1v) is 9.20. The van der Waals surface area contributed by atoms with Gasteiger partial charge in [-0.3, -0.25) is 0 Å². The molecule has 0 saturated carbocycles. The first kappa shape index (κ1) is 17.7. The number of aryl methyl sites for hydroxylation is 1. The predicted molar refractivity (Wildman–Crippen MR) is 101 cm³/mol. The van der Waals surface area contributed by atoms with Crippen molar-refractivity contribution in [1.82, 2.24) is 14.9 Å². The standard InChI is InChI=1S/C20H27N3O2/c1-3-4-7-19-22-17-13-15(9-11-20(24)25-2)8-10-18(17)23(19)16-6-5-12-21-14-16/h8-11,13,16,21H,3-7,12,14H2,1-2H3/b11-9+. The lowest BCUT2D eigenvalue weighted by atomic mass is 10.1. The van der Waals surface area contributed by atoms with E-state index in [0.29, 0.717) is 6.04 Å². The summed E-state index contributed by atoms with van der Waals surface area (Å²) in [5.74, 6) is 0.835. The minimum absolute atomic E-state index is 0.345. The topological polar surface area (TPSA) is 56.1 Å². The molecule has 5 heteroatoms. The molecule has 1 atom stereocenters. The van der Waals surface area contributed by atoms with Crippen LogP contribution in [0, 0.1) is 0 Å². The van der Waals surface area contributed by atoms with Crippen molar-refractivity contribution in [3.8, 4) is 0 Å². The zero-order valence-corrected chi connectivity index (χ0v) is 15.1. The van der Waals surface area contributed by atoms with Crippen molar-refractivity contribution >= 4 is 23.1 Å². The number of aromatic nitrogens is 2. The molecule has 3 rings (SSSR count). The van der Waals surface area contributed by atoms with E-state index in [1.807, 2.05) is 6.07 Å². The van der Waals surface area contributed by atoms with Crippen molar-refractivity contribution in [3.63, 3.8) is 0 Å². The van der Waals surface area contributed by atoms with Crippen LogP contribution in [0.15, 0.2) is 24.3 Å². The van der Waals surface area contributed by atoms with Crippen LogP contribution in [0.3, 0.4) is 0 Å². The molecule has 0 bridgehead atoms. The lowest BCUT2D eigenvalue weighted by Gasteiger charge is -2.26. The molecule has 134 valence electrons. The fourth-order valence-electron chi connectivity index (χ4n) is 3.47. The molecule has 0 amide bonds. The number of esters is 1. The van der Waals surface area contributed by atoms with Crippen LogP contribution in [-0.4, -0.2) is 35.7 Å². The zero-order valence-electron chi connectivity index (χ0n) is 15.1. The van der Waals surface area contributed by atoms with Crippen molar-refractivity contribution in [3.05, 3.63) is 35.7 Å². The molecular weight excluding hydrogens is 314 g/mol. The van der Waals surface area contributed by atoms with Gasteiger partial charge in [0.25, 0.3) is 0 Å². The van der Waals surface area contributed by atoms with Gasteiger partial charge in [0.2, 0.25) is 0 Å². The number of ether oxygens (including phenoxy) is 1. The van der Waals surface area contributed by atoms with E-state index in [1.165, 1.54) is 43.8 Å². The quantitative estimate of drug-likeness (QED) is 0.645. The Labute approximate surface area is 149 Å². The number of nitrogens with one attached hydrogen (secondary N) is 1. The van der Waals surface area contributed by atoms with Gasteiger partial charge >= 0.3 is 5.97 Å². The molecule has 1 aromatic heterocycles. The molecule has 1 unspecified atom stereocenters. The minimum atomic E-state index is -0.345. The number of rotatable bonds is 6. The summed E-state index contributed by atoms with van der Waals surface area (Å²) >= 11 is 0. The van der Waals surface area contributed by atoms with Crippen LogP contribution < -0.4 is 5.32 Å². The Morgan fingerprint density at radius 3 is 3.08 bits per heavy atom. The number of benzene rings is 1. The first-order chi connectivity index (χ1) is 12.2. The van der Waals surface area contributed by atoms with E-state index in [-0.39, 0.29) is 5.97 Å². The molecule has 2 aromatic rings. The van der Waals surface area contributed by atoms with Crippen LogP contribution in [0.5, 0.6) is 0 Å². The van der Waals surface area contributed by atoms with Gasteiger partial charge in [-0.05, 0) is 49.6 Å². The van der Waals surface area contributed by atoms with Crippen molar-refractivity contribution in [2.45, 2.75) is 45.1 Å². The molecule has 1 saturated heterocycles. The maximum absolute atomic E-state index is 11.3. The summed E-state index contributed by atoms with van der Waals surface area (Å²) in [4.78, 5) is 16.2. The summed E-state index contributed by atoms with van der Waals surface area (Å²) in [5, 5.41) is 3.51. The van der Waals surface area contributed by atoms with Crippen molar-refractivity contribution < 1.29 is 9.53 Å². The van der Waals surface area contributed by atoms with E-state index in [0.717, 1.165) is 37.0 Å². The monoisotopic (exact) mass is 341 g/mol. The van der Waals surface area contributed by atoms with Gasteiger partial charge < -0.3 is 14.6 Å². The van der Waals surface area contributed by atoms with Crippen LogP contribution >= 0.6 is 0 Å². The Bertz CT molecular complexity index is 758. The Morgan fingerprint density at radius 2 is 2.36 bits per heavy atom. The molecule has 1 aliphatic rings. The Balaban J connectivity index is 1.97. The highest BCUT2D eigenvalue weighted by atomic mass is 16.5. The van der Waals surface area contributed by atoms with Crippen LogP contribution in [0.1, 0.15) is 50.0 Å². The number of piperidine rings is 1. The highest BCUT2D eigenvalue weighted by Gasteiger charge is 2.21. The number of hydrogen-bond acceptors (Lipinski definition) is 4. The summed E-state index contributed by atoms with van der Waals surface area (Å²) in [6.07, 6.45) is 8.95. The Morgan fingerprint density at radius 1 is 1.48 bits per heavy atom. The Kier molecular flexibility index (Phi) is 5.87. The van der Waals surface area contributed by atoms with Gasteiger partial charge in [0.1, 0.15) is 5.82 Å². The fraction of sp³-hybridized carbons (Fsp3) is 0.500. The average Bonchev–Trinajstić information content (AvgIpc) is 3.02. The van der Waals surface area contributed by atoms with E-state index in [2.05, 4.69) is 33.7 Å². The second kappa shape index (κ2) is 8.30. The lowest BCUT2D eigenvalue weighted by Crippen LogP contribution is -2.32. The molecule has 25 heavy (non-hydrogen) atoms. The maximum Gasteiger partial charge on any atom is 0.330 e. The van der Waals surface area contributed by atoms with E-state index in [1.54, 1.807) is 6.08 Å². The summed E-state index contributed by atoms with van der Waals surface area (Å²) in [7, 11) is 1.38. The normalized spacial score (nSPS) is 18.1. The first-order valence-electron chi connectivity index (χ1n) is 9.20. The largest absolute Gasteiger partial charge is 0.466 e. The number of methoxy groups -OCH3 is 1. The fourth-order valence-corrected chi connectivity index (χ4v) is 3.47. The number of carbonyl (C=O) groups is 1. The van der Waals surface area contributed by atoms with Gasteiger partial charge in [0.15, 0.2) is 0 Å². The second-order valence-electron chi connectivity index (χ2n) is 6.61. The third kappa shape index (κ3) is 4.10. The number of carbonyl (C=O) groups excluding carboxylic acids is 1. The molecular formula is C20H27N3O2. The average molecular weight is 341 g/mol.